The number of hydrogen-bond donors (Lipinski definition) is 1. The lowest BCUT2D eigenvalue weighted by atomic mass is 10.2. The molecule has 0 atom stereocenters. The Morgan fingerprint density at radius 2 is 1.86 bits per heavy atom. The first-order valence-electron chi connectivity index (χ1n) is 6.52. The van der Waals surface area contributed by atoms with E-state index in [4.69, 9.17) is 0 Å². The topological polar surface area (TPSA) is 72.0 Å². The highest BCUT2D eigenvalue weighted by molar-refractivity contribution is 7.93. The Balaban J connectivity index is 1.92. The maximum atomic E-state index is 12.3. The number of anilines is 1. The summed E-state index contributed by atoms with van der Waals surface area (Å²) in [5.41, 5.74) is 1.69. The van der Waals surface area contributed by atoms with Crippen LogP contribution in [0.2, 0.25) is 0 Å². The third-order valence-corrected chi connectivity index (χ3v) is 5.60. The molecule has 0 fully saturated rings. The van der Waals surface area contributed by atoms with Crippen molar-refractivity contribution < 1.29 is 8.42 Å². The minimum atomic E-state index is -3.62. The Morgan fingerprint density at radius 1 is 1.09 bits per heavy atom. The number of nitrogens with one attached hydrogen (secondary N) is 1. The summed E-state index contributed by atoms with van der Waals surface area (Å²) in [5.74, 6) is 0. The number of sulfonamides is 1. The molecule has 0 bridgehead atoms. The number of nitrogens with zero attached hydrogens (tertiary/aromatic N) is 2. The van der Waals surface area contributed by atoms with Crippen LogP contribution >= 0.6 is 11.3 Å². The fourth-order valence-electron chi connectivity index (χ4n) is 1.98. The Hall–Kier alpha value is -2.25. The number of aryl methyl sites for hydroxylation is 1. The molecule has 112 valence electrons. The van der Waals surface area contributed by atoms with Gasteiger partial charge in [0.25, 0.3) is 10.0 Å². The monoisotopic (exact) mass is 331 g/mol. The van der Waals surface area contributed by atoms with Gasteiger partial charge in [0, 0.05) is 18.0 Å². The lowest BCUT2D eigenvalue weighted by Gasteiger charge is -2.04. The SMILES string of the molecule is Cc1nc(NS(=O)(=O)c2ccccc2)sc1-c1cccnc1. The van der Waals surface area contributed by atoms with Gasteiger partial charge in [-0.05, 0) is 25.1 Å². The molecule has 1 N–H and O–H groups in total. The van der Waals surface area contributed by atoms with Crippen LogP contribution in [0.25, 0.3) is 10.4 Å². The van der Waals surface area contributed by atoms with Crippen molar-refractivity contribution in [2.24, 2.45) is 0 Å². The number of aromatic nitrogens is 2. The zero-order valence-electron chi connectivity index (χ0n) is 11.7. The van der Waals surface area contributed by atoms with Gasteiger partial charge in [0.15, 0.2) is 5.13 Å². The van der Waals surface area contributed by atoms with Crippen molar-refractivity contribution in [3.05, 3.63) is 60.6 Å². The molecule has 3 aromatic rings. The van der Waals surface area contributed by atoms with Crippen LogP contribution in [0.3, 0.4) is 0 Å². The summed E-state index contributed by atoms with van der Waals surface area (Å²) < 4.78 is 27.1. The summed E-state index contributed by atoms with van der Waals surface area (Å²) in [4.78, 5) is 9.49. The van der Waals surface area contributed by atoms with Gasteiger partial charge < -0.3 is 0 Å². The van der Waals surface area contributed by atoms with Crippen LogP contribution in [-0.2, 0) is 10.0 Å². The number of hydrogen-bond acceptors (Lipinski definition) is 5. The van der Waals surface area contributed by atoms with Crippen molar-refractivity contribution in [2.45, 2.75) is 11.8 Å². The van der Waals surface area contributed by atoms with E-state index in [1.54, 1.807) is 42.7 Å². The third kappa shape index (κ3) is 3.00. The van der Waals surface area contributed by atoms with E-state index in [0.29, 0.717) is 5.13 Å². The van der Waals surface area contributed by atoms with Gasteiger partial charge in [-0.15, -0.1) is 0 Å². The van der Waals surface area contributed by atoms with Crippen molar-refractivity contribution >= 4 is 26.5 Å². The summed E-state index contributed by atoms with van der Waals surface area (Å²) >= 11 is 1.29. The van der Waals surface area contributed by atoms with Gasteiger partial charge in [0.05, 0.1) is 15.5 Å². The largest absolute Gasteiger partial charge is 0.264 e. The lowest BCUT2D eigenvalue weighted by Crippen LogP contribution is -2.12. The molecule has 0 saturated carbocycles. The molecular formula is C15H13N3O2S2. The Bertz CT molecular complexity index is 876. The zero-order chi connectivity index (χ0) is 15.6. The van der Waals surface area contributed by atoms with Crippen molar-refractivity contribution in [2.75, 3.05) is 4.72 Å². The van der Waals surface area contributed by atoms with Crippen LogP contribution < -0.4 is 4.72 Å². The number of rotatable bonds is 4. The third-order valence-electron chi connectivity index (χ3n) is 3.00. The predicted molar refractivity (Wildman–Crippen MR) is 87.3 cm³/mol. The van der Waals surface area contributed by atoms with Crippen molar-refractivity contribution in [3.8, 4) is 10.4 Å². The van der Waals surface area contributed by atoms with E-state index in [1.807, 2.05) is 19.1 Å². The van der Waals surface area contributed by atoms with E-state index in [2.05, 4.69) is 14.7 Å². The molecule has 1 aromatic carbocycles. The van der Waals surface area contributed by atoms with Gasteiger partial charge in [0.1, 0.15) is 0 Å². The van der Waals surface area contributed by atoms with Crippen molar-refractivity contribution in [1.29, 1.82) is 0 Å². The fourth-order valence-corrected chi connectivity index (χ4v) is 4.19. The van der Waals surface area contributed by atoms with E-state index in [9.17, 15) is 8.42 Å². The number of benzene rings is 1. The maximum Gasteiger partial charge on any atom is 0.263 e. The molecule has 0 saturated heterocycles. The summed E-state index contributed by atoms with van der Waals surface area (Å²) in [7, 11) is -3.62. The summed E-state index contributed by atoms with van der Waals surface area (Å²) in [5, 5.41) is 0.347. The second-order valence-corrected chi connectivity index (χ2v) is 7.28. The van der Waals surface area contributed by atoms with Gasteiger partial charge in [-0.3, -0.25) is 9.71 Å². The first kappa shape index (κ1) is 14.7. The van der Waals surface area contributed by atoms with Gasteiger partial charge in [0.2, 0.25) is 0 Å². The summed E-state index contributed by atoms with van der Waals surface area (Å²) in [6.07, 6.45) is 3.43. The fraction of sp³-hybridized carbons (Fsp3) is 0.0667. The van der Waals surface area contributed by atoms with Gasteiger partial charge >= 0.3 is 0 Å². The van der Waals surface area contributed by atoms with Crippen LogP contribution in [0.1, 0.15) is 5.69 Å². The molecule has 0 radical (unpaired) electrons. The standard InChI is InChI=1S/C15H13N3O2S2/c1-11-14(12-6-5-9-16-10-12)21-15(17-11)18-22(19,20)13-7-3-2-4-8-13/h2-10H,1H3,(H,17,18). The molecule has 2 aromatic heterocycles. The van der Waals surface area contributed by atoms with Crippen LogP contribution in [0, 0.1) is 6.92 Å². The average molecular weight is 331 g/mol. The second-order valence-electron chi connectivity index (χ2n) is 4.59. The zero-order valence-corrected chi connectivity index (χ0v) is 13.4. The van der Waals surface area contributed by atoms with E-state index < -0.39 is 10.0 Å². The first-order valence-corrected chi connectivity index (χ1v) is 8.82. The maximum absolute atomic E-state index is 12.3. The van der Waals surface area contributed by atoms with Crippen LogP contribution in [0.5, 0.6) is 0 Å². The molecule has 3 rings (SSSR count). The van der Waals surface area contributed by atoms with E-state index >= 15 is 0 Å². The highest BCUT2D eigenvalue weighted by atomic mass is 32.2. The number of pyridine rings is 1. The molecule has 0 unspecified atom stereocenters. The molecule has 22 heavy (non-hydrogen) atoms. The lowest BCUT2D eigenvalue weighted by molar-refractivity contribution is 0.601. The Kier molecular flexibility index (Phi) is 3.91. The Morgan fingerprint density at radius 3 is 2.55 bits per heavy atom. The van der Waals surface area contributed by atoms with Crippen LogP contribution in [-0.4, -0.2) is 18.4 Å². The molecule has 0 amide bonds. The van der Waals surface area contributed by atoms with Gasteiger partial charge in [-0.2, -0.15) is 0 Å². The van der Waals surface area contributed by atoms with Gasteiger partial charge in [-0.1, -0.05) is 35.6 Å². The smallest absolute Gasteiger partial charge is 0.263 e. The second kappa shape index (κ2) is 5.86. The summed E-state index contributed by atoms with van der Waals surface area (Å²) in [6.45, 7) is 1.85. The number of thiazole rings is 1. The minimum absolute atomic E-state index is 0.214. The first-order chi connectivity index (χ1) is 10.6. The van der Waals surface area contributed by atoms with Crippen molar-refractivity contribution in [3.63, 3.8) is 0 Å². The molecule has 7 heteroatoms. The molecule has 5 nitrogen and oxygen atoms in total. The molecule has 0 aliphatic heterocycles. The molecule has 0 aliphatic carbocycles. The van der Waals surface area contributed by atoms with Crippen LogP contribution in [0.15, 0.2) is 59.8 Å². The predicted octanol–water partition coefficient (Wildman–Crippen LogP) is 3.31. The van der Waals surface area contributed by atoms with E-state index in [-0.39, 0.29) is 4.90 Å². The van der Waals surface area contributed by atoms with Crippen molar-refractivity contribution in [1.82, 2.24) is 9.97 Å². The molecular weight excluding hydrogens is 318 g/mol. The van der Waals surface area contributed by atoms with E-state index in [1.165, 1.54) is 11.3 Å². The van der Waals surface area contributed by atoms with Crippen LogP contribution in [0.4, 0.5) is 5.13 Å². The molecule has 0 aliphatic rings. The highest BCUT2D eigenvalue weighted by Gasteiger charge is 2.17. The van der Waals surface area contributed by atoms with Gasteiger partial charge in [-0.25, -0.2) is 13.4 Å². The summed E-state index contributed by atoms with van der Waals surface area (Å²) in [6, 6.07) is 12.0. The molecule has 0 spiro atoms. The quantitative estimate of drug-likeness (QED) is 0.796. The minimum Gasteiger partial charge on any atom is -0.264 e. The normalized spacial score (nSPS) is 11.3. The highest BCUT2D eigenvalue weighted by Crippen LogP contribution is 2.33. The molecule has 2 heterocycles. The van der Waals surface area contributed by atoms with E-state index in [0.717, 1.165) is 16.1 Å². The Labute approximate surface area is 132 Å². The average Bonchev–Trinajstić information content (AvgIpc) is 2.89.